The number of hydrogen-bond donors (Lipinski definition) is 1. The molecule has 2 rings (SSSR count). The van der Waals surface area contributed by atoms with E-state index in [0.29, 0.717) is 6.07 Å². The van der Waals surface area contributed by atoms with Gasteiger partial charge in [0.25, 0.3) is 0 Å². The maximum absolute atomic E-state index is 14.4. The van der Waals surface area contributed by atoms with Crippen LogP contribution in [0.15, 0.2) is 24.3 Å². The van der Waals surface area contributed by atoms with Crippen LogP contribution in [-0.4, -0.2) is 30.1 Å². The summed E-state index contributed by atoms with van der Waals surface area (Å²) in [6.45, 7) is 6.91. The number of nitrogens with one attached hydrogen (secondary N) is 1. The molecule has 0 unspecified atom stereocenters. The molecule has 0 saturated carbocycles. The number of ether oxygens (including phenoxy) is 3. The summed E-state index contributed by atoms with van der Waals surface area (Å²) < 4.78 is 85.2. The normalized spacial score (nSPS) is 11.8. The number of hydrogen-bond acceptors (Lipinski definition) is 5. The van der Waals surface area contributed by atoms with Crippen LogP contribution in [-0.2, 0) is 27.5 Å². The van der Waals surface area contributed by atoms with E-state index < -0.39 is 72.2 Å². The summed E-state index contributed by atoms with van der Waals surface area (Å²) in [5.74, 6) is -5.38. The van der Waals surface area contributed by atoms with Gasteiger partial charge >= 0.3 is 12.2 Å². The highest BCUT2D eigenvalue weighted by Gasteiger charge is 2.26. The number of alkyl halides is 1. The van der Waals surface area contributed by atoms with Crippen molar-refractivity contribution in [2.75, 3.05) is 16.9 Å². The molecule has 0 atom stereocenters. The maximum Gasteiger partial charge on any atom is 0.416 e. The number of amides is 2. The van der Waals surface area contributed by atoms with Gasteiger partial charge in [-0.3, -0.25) is 10.2 Å². The molecule has 0 bridgehead atoms. The van der Waals surface area contributed by atoms with Gasteiger partial charge in [-0.25, -0.2) is 31.5 Å². The highest BCUT2D eigenvalue weighted by Crippen LogP contribution is 2.26. The van der Waals surface area contributed by atoms with Crippen LogP contribution < -0.4 is 10.2 Å². The summed E-state index contributed by atoms with van der Waals surface area (Å²) in [7, 11) is 0. The van der Waals surface area contributed by atoms with E-state index in [1.165, 1.54) is 0 Å². The van der Waals surface area contributed by atoms with Gasteiger partial charge in [-0.2, -0.15) is 0 Å². The Balaban J connectivity index is 2.27. The van der Waals surface area contributed by atoms with E-state index in [1.807, 2.05) is 0 Å². The number of nitrogens with zero attached hydrogens (tertiary/aromatic N) is 1. The zero-order valence-corrected chi connectivity index (χ0v) is 21.3. The van der Waals surface area contributed by atoms with Crippen molar-refractivity contribution >= 4 is 23.6 Å². The molecule has 7 nitrogen and oxygen atoms in total. The molecule has 2 amide bonds. The summed E-state index contributed by atoms with van der Waals surface area (Å²) in [5, 5.41) is 2.28. The van der Waals surface area contributed by atoms with Crippen LogP contribution in [0.25, 0.3) is 0 Å². The van der Waals surface area contributed by atoms with Gasteiger partial charge in [-0.1, -0.05) is 0 Å². The average molecular weight is 533 g/mol. The van der Waals surface area contributed by atoms with E-state index in [1.54, 1.807) is 41.5 Å². The molecule has 2 aromatic rings. The Morgan fingerprint density at radius 1 is 0.838 bits per heavy atom. The molecular formula is C25H29F5N2O5. The fourth-order valence-corrected chi connectivity index (χ4v) is 2.92. The molecule has 0 aliphatic rings. The minimum atomic E-state index is -1.41. The molecule has 0 spiro atoms. The van der Waals surface area contributed by atoms with Crippen LogP contribution in [0.2, 0.25) is 0 Å². The van der Waals surface area contributed by atoms with Crippen LogP contribution in [0.4, 0.5) is 42.9 Å². The molecular weight excluding hydrogens is 503 g/mol. The van der Waals surface area contributed by atoms with Crippen molar-refractivity contribution in [2.45, 2.75) is 66.0 Å². The molecule has 1 N–H and O–H groups in total. The van der Waals surface area contributed by atoms with E-state index in [9.17, 15) is 31.5 Å². The Kier molecular flexibility index (Phi) is 9.48. The Morgan fingerprint density at radius 3 is 1.97 bits per heavy atom. The van der Waals surface area contributed by atoms with Crippen LogP contribution in [0.5, 0.6) is 0 Å². The Hall–Kier alpha value is -3.41. The molecule has 0 aromatic heterocycles. The monoisotopic (exact) mass is 532 g/mol. The van der Waals surface area contributed by atoms with Crippen molar-refractivity contribution < 1.29 is 45.8 Å². The predicted octanol–water partition coefficient (Wildman–Crippen LogP) is 6.98. The Labute approximate surface area is 211 Å². The number of benzene rings is 2. The van der Waals surface area contributed by atoms with Gasteiger partial charge in [0, 0.05) is 28.9 Å². The van der Waals surface area contributed by atoms with Gasteiger partial charge in [0.15, 0.2) is 23.3 Å². The summed E-state index contributed by atoms with van der Waals surface area (Å²) in [6.07, 6.45) is -1.95. The summed E-state index contributed by atoms with van der Waals surface area (Å²) in [6, 6.07) is 3.39. The van der Waals surface area contributed by atoms with Crippen LogP contribution in [0, 0.1) is 23.3 Å². The van der Waals surface area contributed by atoms with Gasteiger partial charge in [0.05, 0.1) is 12.3 Å². The van der Waals surface area contributed by atoms with Gasteiger partial charge in [-0.05, 0) is 53.7 Å². The topological polar surface area (TPSA) is 77.1 Å². The predicted molar refractivity (Wildman–Crippen MR) is 126 cm³/mol. The van der Waals surface area contributed by atoms with E-state index >= 15 is 0 Å². The molecule has 204 valence electrons. The van der Waals surface area contributed by atoms with Crippen molar-refractivity contribution in [3.05, 3.63) is 58.7 Å². The first-order chi connectivity index (χ1) is 17.0. The lowest BCUT2D eigenvalue weighted by molar-refractivity contribution is 0.0471. The van der Waals surface area contributed by atoms with Gasteiger partial charge in [0.1, 0.15) is 24.6 Å². The second kappa shape index (κ2) is 11.8. The first-order valence-corrected chi connectivity index (χ1v) is 11.1. The van der Waals surface area contributed by atoms with Crippen molar-refractivity contribution in [3.63, 3.8) is 0 Å². The molecule has 0 radical (unpaired) electrons. The number of halogens is 5. The molecule has 0 aliphatic carbocycles. The van der Waals surface area contributed by atoms with Crippen molar-refractivity contribution in [2.24, 2.45) is 0 Å². The fraction of sp³-hybridized carbons (Fsp3) is 0.440. The summed E-state index contributed by atoms with van der Waals surface area (Å²) in [4.78, 5) is 25.4. The minimum Gasteiger partial charge on any atom is -0.444 e. The molecule has 12 heteroatoms. The van der Waals surface area contributed by atoms with Crippen LogP contribution >= 0.6 is 0 Å². The second-order valence-electron chi connectivity index (χ2n) is 9.98. The fourth-order valence-electron chi connectivity index (χ4n) is 2.92. The van der Waals surface area contributed by atoms with E-state index in [-0.39, 0.29) is 16.9 Å². The number of anilines is 2. The SMILES string of the molecule is CC(C)(C)OC(=O)Nc1cc(F)c(F)c(COCN(C(=O)OC(C)(C)C)c2cc(F)c(F)c(CF)c2)c1. The standard InChI is InChI=1S/C25H29F5N2O5/c1-24(2,3)36-22(33)31-16-7-15(21(30)18(27)9-16)12-35-13-32(23(34)37-25(4,5)6)17-8-14(11-26)20(29)19(28)10-17/h7-10H,11-13H2,1-6H3,(H,31,33). The third-order valence-electron chi connectivity index (χ3n) is 4.38. The van der Waals surface area contributed by atoms with E-state index in [2.05, 4.69) is 5.32 Å². The number of carbonyl (C=O) groups excluding carboxylic acids is 2. The van der Waals surface area contributed by atoms with Crippen molar-refractivity contribution in [1.82, 2.24) is 0 Å². The van der Waals surface area contributed by atoms with Crippen LogP contribution in [0.3, 0.4) is 0 Å². The van der Waals surface area contributed by atoms with E-state index in [4.69, 9.17) is 14.2 Å². The van der Waals surface area contributed by atoms with Crippen molar-refractivity contribution in [3.8, 4) is 0 Å². The van der Waals surface area contributed by atoms with Crippen LogP contribution in [0.1, 0.15) is 52.7 Å². The van der Waals surface area contributed by atoms with Crippen molar-refractivity contribution in [1.29, 1.82) is 0 Å². The van der Waals surface area contributed by atoms with Gasteiger partial charge < -0.3 is 14.2 Å². The van der Waals surface area contributed by atoms with Gasteiger partial charge in [-0.15, -0.1) is 0 Å². The first-order valence-electron chi connectivity index (χ1n) is 11.1. The lowest BCUT2D eigenvalue weighted by Crippen LogP contribution is -2.38. The molecule has 0 aliphatic heterocycles. The maximum atomic E-state index is 14.4. The lowest BCUT2D eigenvalue weighted by atomic mass is 10.1. The zero-order chi connectivity index (χ0) is 28.1. The van der Waals surface area contributed by atoms with Gasteiger partial charge in [0.2, 0.25) is 0 Å². The minimum absolute atomic E-state index is 0.121. The summed E-state index contributed by atoms with van der Waals surface area (Å²) >= 11 is 0. The quantitative estimate of drug-likeness (QED) is 0.308. The smallest absolute Gasteiger partial charge is 0.416 e. The number of rotatable bonds is 7. The zero-order valence-electron chi connectivity index (χ0n) is 21.3. The van der Waals surface area contributed by atoms with E-state index in [0.717, 1.165) is 23.1 Å². The summed E-state index contributed by atoms with van der Waals surface area (Å²) in [5.41, 5.74) is -3.20. The molecule has 37 heavy (non-hydrogen) atoms. The molecule has 0 fully saturated rings. The molecule has 2 aromatic carbocycles. The highest BCUT2D eigenvalue weighted by atomic mass is 19.2. The second-order valence-corrected chi connectivity index (χ2v) is 9.98. The Bertz CT molecular complexity index is 1150. The highest BCUT2D eigenvalue weighted by molar-refractivity contribution is 5.88. The third kappa shape index (κ3) is 8.88. The number of carbonyl (C=O) groups is 2. The average Bonchev–Trinajstić information content (AvgIpc) is 2.73. The molecule has 0 heterocycles. The molecule has 0 saturated heterocycles. The Morgan fingerprint density at radius 2 is 1.41 bits per heavy atom. The third-order valence-corrected chi connectivity index (χ3v) is 4.38. The first kappa shape index (κ1) is 29.8. The lowest BCUT2D eigenvalue weighted by Gasteiger charge is -2.27. The largest absolute Gasteiger partial charge is 0.444 e.